The molecule has 0 spiro atoms. The van der Waals surface area contributed by atoms with Crippen LogP contribution in [-0.2, 0) is 20.9 Å². The molecule has 5 fully saturated rings. The summed E-state index contributed by atoms with van der Waals surface area (Å²) in [6, 6.07) is 8.29. The highest BCUT2D eigenvalue weighted by atomic mass is 16.2. The smallest absolute Gasteiger partial charge is 0.335 e. The molecule has 1 aromatic rings. The molecule has 1 N–H and O–H groups in total. The lowest BCUT2D eigenvalue weighted by Crippen LogP contribution is -2.57. The lowest BCUT2D eigenvalue weighted by Gasteiger charge is -2.59. The van der Waals surface area contributed by atoms with Gasteiger partial charge in [0.25, 0.3) is 0 Å². The van der Waals surface area contributed by atoms with E-state index in [1.807, 2.05) is 6.07 Å². The first-order chi connectivity index (χ1) is 14.8. The van der Waals surface area contributed by atoms with Crippen LogP contribution in [0, 0.1) is 23.2 Å². The molecule has 1 saturated heterocycles. The van der Waals surface area contributed by atoms with Crippen molar-refractivity contribution in [2.24, 2.45) is 23.2 Å². The summed E-state index contributed by atoms with van der Waals surface area (Å²) in [4.78, 5) is 51.9. The molecule has 4 aliphatic carbocycles. The number of nitrogens with zero attached hydrogens (tertiary/aromatic N) is 2. The van der Waals surface area contributed by atoms with Crippen LogP contribution in [0.1, 0.15) is 51.0 Å². The van der Waals surface area contributed by atoms with Crippen molar-refractivity contribution in [3.05, 3.63) is 35.9 Å². The summed E-state index contributed by atoms with van der Waals surface area (Å²) in [7, 11) is 0. The Hall–Kier alpha value is -2.70. The minimum Gasteiger partial charge on any atom is -0.352 e. The fourth-order valence-corrected chi connectivity index (χ4v) is 6.89. The zero-order valence-electron chi connectivity index (χ0n) is 17.9. The first-order valence-corrected chi connectivity index (χ1v) is 11.4. The Balaban J connectivity index is 1.22. The van der Waals surface area contributed by atoms with Crippen molar-refractivity contribution in [1.82, 2.24) is 15.1 Å². The van der Waals surface area contributed by atoms with Gasteiger partial charge in [0.05, 0.1) is 6.54 Å². The average molecular weight is 424 g/mol. The molecule has 6 rings (SSSR count). The van der Waals surface area contributed by atoms with Crippen LogP contribution >= 0.6 is 0 Å². The van der Waals surface area contributed by atoms with E-state index < -0.39 is 24.4 Å². The number of amides is 5. The van der Waals surface area contributed by atoms with E-state index in [1.54, 1.807) is 24.3 Å². The van der Waals surface area contributed by atoms with E-state index in [0.29, 0.717) is 0 Å². The highest BCUT2D eigenvalue weighted by Gasteiger charge is 2.53. The fraction of sp³-hybridized carbons (Fsp3) is 0.583. The Morgan fingerprint density at radius 1 is 0.968 bits per heavy atom. The molecule has 7 nitrogen and oxygen atoms in total. The van der Waals surface area contributed by atoms with Gasteiger partial charge in [-0.15, -0.1) is 0 Å². The Morgan fingerprint density at radius 2 is 1.52 bits per heavy atom. The van der Waals surface area contributed by atoms with Gasteiger partial charge >= 0.3 is 17.8 Å². The van der Waals surface area contributed by atoms with Crippen molar-refractivity contribution in [1.29, 1.82) is 0 Å². The van der Waals surface area contributed by atoms with Gasteiger partial charge in [-0.25, -0.2) is 9.69 Å². The molecule has 1 atom stereocenters. The quantitative estimate of drug-likeness (QED) is 0.563. The van der Waals surface area contributed by atoms with Crippen molar-refractivity contribution in [3.8, 4) is 0 Å². The Kier molecular flexibility index (Phi) is 4.87. The number of hydrogen-bond acceptors (Lipinski definition) is 4. The van der Waals surface area contributed by atoms with Crippen molar-refractivity contribution >= 4 is 23.8 Å². The molecule has 1 aliphatic heterocycles. The van der Waals surface area contributed by atoms with Gasteiger partial charge in [-0.3, -0.25) is 19.3 Å². The van der Waals surface area contributed by atoms with E-state index in [1.165, 1.54) is 19.3 Å². The number of hydrogen-bond donors (Lipinski definition) is 1. The number of urea groups is 1. The van der Waals surface area contributed by atoms with Gasteiger partial charge in [-0.2, -0.15) is 0 Å². The van der Waals surface area contributed by atoms with Crippen LogP contribution in [0.4, 0.5) is 4.79 Å². The first-order valence-electron chi connectivity index (χ1n) is 11.4. The molecule has 1 heterocycles. The molecule has 1 aromatic carbocycles. The van der Waals surface area contributed by atoms with E-state index in [4.69, 9.17) is 0 Å². The van der Waals surface area contributed by atoms with Crippen molar-refractivity contribution in [2.75, 3.05) is 6.54 Å². The molecule has 0 radical (unpaired) electrons. The molecule has 4 bridgehead atoms. The van der Waals surface area contributed by atoms with E-state index in [0.717, 1.165) is 52.4 Å². The number of rotatable bonds is 6. The Bertz CT molecular complexity index is 893. The minimum atomic E-state index is -0.932. The number of carbonyl (C=O) groups is 4. The number of carbonyl (C=O) groups excluding carboxylic acids is 4. The standard InChI is InChI=1S/C24H29N3O4/c1-15(24-10-17-7-18(11-24)9-19(8-17)12-24)25-20(28)14-27-22(30)21(29)26(23(27)31)13-16-5-3-2-4-6-16/h2-6,15,17-19H,7-14H2,1H3,(H,25,28). The van der Waals surface area contributed by atoms with Crippen LogP contribution in [0.3, 0.4) is 0 Å². The summed E-state index contributed by atoms with van der Waals surface area (Å²) in [5, 5.41) is 3.07. The topological polar surface area (TPSA) is 86.8 Å². The molecule has 5 amide bonds. The van der Waals surface area contributed by atoms with E-state index in [2.05, 4.69) is 12.2 Å². The van der Waals surface area contributed by atoms with Crippen LogP contribution in [0.25, 0.3) is 0 Å². The third-order valence-electron chi connectivity index (χ3n) is 8.00. The lowest BCUT2D eigenvalue weighted by atomic mass is 9.48. The van der Waals surface area contributed by atoms with Crippen LogP contribution in [0.5, 0.6) is 0 Å². The van der Waals surface area contributed by atoms with Gasteiger partial charge in [0.15, 0.2) is 0 Å². The van der Waals surface area contributed by atoms with Gasteiger partial charge in [0, 0.05) is 6.04 Å². The molecule has 7 heteroatoms. The normalized spacial score (nSPS) is 32.7. The monoisotopic (exact) mass is 423 g/mol. The molecule has 164 valence electrons. The number of benzene rings is 1. The van der Waals surface area contributed by atoms with Gasteiger partial charge in [-0.1, -0.05) is 30.3 Å². The average Bonchev–Trinajstić information content (AvgIpc) is 2.92. The highest BCUT2D eigenvalue weighted by Crippen LogP contribution is 2.61. The second kappa shape index (κ2) is 7.46. The second-order valence-electron chi connectivity index (χ2n) is 10.1. The number of imide groups is 2. The maximum Gasteiger partial charge on any atom is 0.335 e. The summed E-state index contributed by atoms with van der Waals surface area (Å²) in [5.74, 6) is 0.137. The predicted octanol–water partition coefficient (Wildman–Crippen LogP) is 2.70. The summed E-state index contributed by atoms with van der Waals surface area (Å²) < 4.78 is 0. The van der Waals surface area contributed by atoms with Crippen molar-refractivity contribution < 1.29 is 19.2 Å². The largest absolute Gasteiger partial charge is 0.352 e. The summed E-state index contributed by atoms with van der Waals surface area (Å²) in [6.45, 7) is 1.67. The van der Waals surface area contributed by atoms with Crippen LogP contribution in [0.15, 0.2) is 30.3 Å². The zero-order chi connectivity index (χ0) is 21.8. The van der Waals surface area contributed by atoms with E-state index >= 15 is 0 Å². The second-order valence-corrected chi connectivity index (χ2v) is 10.1. The van der Waals surface area contributed by atoms with E-state index in [9.17, 15) is 19.2 Å². The highest BCUT2D eigenvalue weighted by molar-refractivity contribution is 6.44. The van der Waals surface area contributed by atoms with Crippen LogP contribution < -0.4 is 5.32 Å². The molecule has 31 heavy (non-hydrogen) atoms. The minimum absolute atomic E-state index is 0.00247. The summed E-state index contributed by atoms with van der Waals surface area (Å²) in [6.07, 6.45) is 7.46. The molecule has 4 saturated carbocycles. The van der Waals surface area contributed by atoms with Crippen molar-refractivity contribution in [3.63, 3.8) is 0 Å². The summed E-state index contributed by atoms with van der Waals surface area (Å²) in [5.41, 5.74) is 0.886. The molecule has 5 aliphatic rings. The van der Waals surface area contributed by atoms with Gasteiger partial charge < -0.3 is 5.32 Å². The number of nitrogens with one attached hydrogen (secondary N) is 1. The van der Waals surface area contributed by atoms with E-state index in [-0.39, 0.29) is 23.9 Å². The maximum atomic E-state index is 12.8. The lowest BCUT2D eigenvalue weighted by molar-refractivity contribution is -0.144. The summed E-state index contributed by atoms with van der Waals surface area (Å²) >= 11 is 0. The van der Waals surface area contributed by atoms with Gasteiger partial charge in [0.2, 0.25) is 5.91 Å². The molecule has 1 unspecified atom stereocenters. The molecular weight excluding hydrogens is 394 g/mol. The third-order valence-corrected chi connectivity index (χ3v) is 8.00. The SMILES string of the molecule is CC(NC(=O)CN1C(=O)C(=O)N(Cc2ccccc2)C1=O)C12CC3CC(CC(C3)C1)C2. The third kappa shape index (κ3) is 3.54. The molecular formula is C24H29N3O4. The predicted molar refractivity (Wildman–Crippen MR) is 112 cm³/mol. The Morgan fingerprint density at radius 3 is 2.10 bits per heavy atom. The molecule has 0 aromatic heterocycles. The first kappa shape index (κ1) is 20.2. The van der Waals surface area contributed by atoms with Gasteiger partial charge in [-0.05, 0) is 74.2 Å². The van der Waals surface area contributed by atoms with Gasteiger partial charge in [0.1, 0.15) is 6.54 Å². The fourth-order valence-electron chi connectivity index (χ4n) is 6.89. The zero-order valence-corrected chi connectivity index (χ0v) is 17.9. The van der Waals surface area contributed by atoms with Crippen LogP contribution in [0.2, 0.25) is 0 Å². The van der Waals surface area contributed by atoms with Crippen molar-refractivity contribution in [2.45, 2.75) is 58.0 Å². The van der Waals surface area contributed by atoms with Crippen LogP contribution in [-0.4, -0.2) is 46.1 Å². The maximum absolute atomic E-state index is 12.8. The Labute approximate surface area is 182 Å².